The highest BCUT2D eigenvalue weighted by Crippen LogP contribution is 2.24. The van der Waals surface area contributed by atoms with Gasteiger partial charge in [0.2, 0.25) is 0 Å². The van der Waals surface area contributed by atoms with Gasteiger partial charge in [0.1, 0.15) is 5.82 Å². The molecule has 0 radical (unpaired) electrons. The minimum absolute atomic E-state index is 0.149. The third-order valence-electron chi connectivity index (χ3n) is 3.25. The van der Waals surface area contributed by atoms with Crippen LogP contribution in [0, 0.1) is 5.82 Å². The van der Waals surface area contributed by atoms with Crippen LogP contribution < -0.4 is 0 Å². The average molecular weight is 283 g/mol. The molecule has 5 heteroatoms. The van der Waals surface area contributed by atoms with Crippen molar-refractivity contribution in [1.82, 2.24) is 4.90 Å². The average Bonchev–Trinajstić information content (AvgIpc) is 2.93. The molecule has 0 aromatic heterocycles. The number of amides is 1. The van der Waals surface area contributed by atoms with E-state index in [2.05, 4.69) is 0 Å². The van der Waals surface area contributed by atoms with Crippen molar-refractivity contribution in [3.05, 3.63) is 35.6 Å². The number of carbonyl (C=O) groups is 1. The van der Waals surface area contributed by atoms with Gasteiger partial charge in [-0.3, -0.25) is 4.79 Å². The first-order chi connectivity index (χ1) is 9.24. The molecule has 0 N–H and O–H groups in total. The fourth-order valence-corrected chi connectivity index (χ4v) is 3.42. The molecule has 1 aromatic carbocycles. The molecule has 1 saturated heterocycles. The summed E-state index contributed by atoms with van der Waals surface area (Å²) in [5.41, 5.74) is 0.149. The summed E-state index contributed by atoms with van der Waals surface area (Å²) in [6, 6.07) is 6.34. The molecule has 104 valence electrons. The summed E-state index contributed by atoms with van der Waals surface area (Å²) < 4.78 is 18.8. The number of carbonyl (C=O) groups excluding carboxylic acids is 1. The minimum Gasteiger partial charge on any atom is -0.383 e. The van der Waals surface area contributed by atoms with Crippen molar-refractivity contribution in [3.63, 3.8) is 0 Å². The van der Waals surface area contributed by atoms with E-state index in [1.54, 1.807) is 30.2 Å². The van der Waals surface area contributed by atoms with Gasteiger partial charge >= 0.3 is 0 Å². The summed E-state index contributed by atoms with van der Waals surface area (Å²) in [6.45, 7) is 0.982. The van der Waals surface area contributed by atoms with Crippen LogP contribution >= 0.6 is 11.8 Å². The van der Waals surface area contributed by atoms with E-state index >= 15 is 0 Å². The summed E-state index contributed by atoms with van der Waals surface area (Å²) in [4.78, 5) is 14.2. The molecule has 1 aromatic rings. The summed E-state index contributed by atoms with van der Waals surface area (Å²) in [7, 11) is 1.61. The predicted octanol–water partition coefficient (Wildman–Crippen LogP) is 2.42. The van der Waals surface area contributed by atoms with Crippen molar-refractivity contribution in [1.29, 1.82) is 0 Å². The molecule has 1 aliphatic rings. The molecule has 1 heterocycles. The number of ether oxygens (including phenoxy) is 1. The maximum atomic E-state index is 13.7. The molecule has 0 saturated carbocycles. The largest absolute Gasteiger partial charge is 0.383 e. The number of hydrogen-bond donors (Lipinski definition) is 0. The zero-order valence-corrected chi connectivity index (χ0v) is 11.8. The Hall–Kier alpha value is -1.07. The molecule has 0 aliphatic carbocycles. The molecule has 2 rings (SSSR count). The summed E-state index contributed by atoms with van der Waals surface area (Å²) >= 11 is 1.83. The van der Waals surface area contributed by atoms with E-state index in [0.717, 1.165) is 17.9 Å². The van der Waals surface area contributed by atoms with Gasteiger partial charge in [0, 0.05) is 25.4 Å². The first-order valence-corrected chi connectivity index (χ1v) is 7.51. The zero-order valence-electron chi connectivity index (χ0n) is 11.0. The predicted molar refractivity (Wildman–Crippen MR) is 75.0 cm³/mol. The molecule has 1 amide bonds. The topological polar surface area (TPSA) is 29.5 Å². The molecule has 19 heavy (non-hydrogen) atoms. The van der Waals surface area contributed by atoms with Crippen LogP contribution in [0.1, 0.15) is 16.8 Å². The molecule has 0 spiro atoms. The third kappa shape index (κ3) is 3.48. The highest BCUT2D eigenvalue weighted by molar-refractivity contribution is 7.99. The van der Waals surface area contributed by atoms with Gasteiger partial charge in [-0.1, -0.05) is 12.1 Å². The molecule has 1 aliphatic heterocycles. The Labute approximate surface area is 117 Å². The summed E-state index contributed by atoms with van der Waals surface area (Å²) in [5.74, 6) is 1.28. The van der Waals surface area contributed by atoms with E-state index in [9.17, 15) is 9.18 Å². The number of rotatable bonds is 5. The van der Waals surface area contributed by atoms with Crippen molar-refractivity contribution >= 4 is 17.7 Å². The highest BCUT2D eigenvalue weighted by atomic mass is 32.2. The van der Waals surface area contributed by atoms with Gasteiger partial charge in [0.15, 0.2) is 0 Å². The van der Waals surface area contributed by atoms with Crippen LogP contribution in [0.4, 0.5) is 4.39 Å². The first kappa shape index (κ1) is 14.3. The molecule has 0 bridgehead atoms. The van der Waals surface area contributed by atoms with E-state index in [4.69, 9.17) is 4.74 Å². The normalized spacial score (nSPS) is 18.5. The lowest BCUT2D eigenvalue weighted by molar-refractivity contribution is 0.0620. The second-order valence-corrected chi connectivity index (χ2v) is 5.64. The van der Waals surface area contributed by atoms with Crippen molar-refractivity contribution in [2.75, 3.05) is 31.8 Å². The monoisotopic (exact) mass is 283 g/mol. The second kappa shape index (κ2) is 6.91. The Morgan fingerprint density at radius 1 is 1.53 bits per heavy atom. The van der Waals surface area contributed by atoms with E-state index in [1.807, 2.05) is 11.8 Å². The van der Waals surface area contributed by atoms with Crippen LogP contribution in [0.3, 0.4) is 0 Å². The van der Waals surface area contributed by atoms with Crippen LogP contribution in [0.2, 0.25) is 0 Å². The van der Waals surface area contributed by atoms with Gasteiger partial charge in [-0.2, -0.15) is 11.8 Å². The van der Waals surface area contributed by atoms with Crippen molar-refractivity contribution < 1.29 is 13.9 Å². The number of methoxy groups -OCH3 is 1. The smallest absolute Gasteiger partial charge is 0.257 e. The lowest BCUT2D eigenvalue weighted by Gasteiger charge is -2.28. The molecular formula is C14H18FNO2S. The highest BCUT2D eigenvalue weighted by Gasteiger charge is 2.28. The Bertz CT molecular complexity index is 435. The van der Waals surface area contributed by atoms with Crippen molar-refractivity contribution in [2.24, 2.45) is 0 Å². The Morgan fingerprint density at radius 3 is 2.95 bits per heavy atom. The van der Waals surface area contributed by atoms with E-state index < -0.39 is 5.82 Å². The number of benzene rings is 1. The summed E-state index contributed by atoms with van der Waals surface area (Å²) in [5, 5.41) is 0. The Balaban J connectivity index is 2.17. The van der Waals surface area contributed by atoms with Crippen molar-refractivity contribution in [3.8, 4) is 0 Å². The van der Waals surface area contributed by atoms with Gasteiger partial charge in [0.25, 0.3) is 5.91 Å². The first-order valence-electron chi connectivity index (χ1n) is 6.36. The molecular weight excluding hydrogens is 265 g/mol. The fourth-order valence-electron chi connectivity index (χ4n) is 2.20. The number of nitrogens with zero attached hydrogens (tertiary/aromatic N) is 1. The van der Waals surface area contributed by atoms with Crippen LogP contribution in [-0.4, -0.2) is 48.6 Å². The van der Waals surface area contributed by atoms with Crippen LogP contribution in [-0.2, 0) is 4.74 Å². The lowest BCUT2D eigenvalue weighted by atomic mass is 10.1. The SMILES string of the molecule is COCCN(C(=O)c1ccccc1F)C1CCSC1. The molecule has 3 nitrogen and oxygen atoms in total. The maximum Gasteiger partial charge on any atom is 0.257 e. The van der Waals surface area contributed by atoms with Crippen molar-refractivity contribution in [2.45, 2.75) is 12.5 Å². The second-order valence-electron chi connectivity index (χ2n) is 4.49. The standard InChI is InChI=1S/C14H18FNO2S/c1-18-8-7-16(11-6-9-19-10-11)14(17)12-4-2-3-5-13(12)15/h2-5,11H,6-10H2,1H3. The number of hydrogen-bond acceptors (Lipinski definition) is 3. The van der Waals surface area contributed by atoms with Crippen LogP contribution in [0.15, 0.2) is 24.3 Å². The zero-order chi connectivity index (χ0) is 13.7. The van der Waals surface area contributed by atoms with Gasteiger partial charge in [-0.25, -0.2) is 4.39 Å². The molecule has 1 atom stereocenters. The summed E-state index contributed by atoms with van der Waals surface area (Å²) in [6.07, 6.45) is 0.967. The lowest BCUT2D eigenvalue weighted by Crippen LogP contribution is -2.42. The quantitative estimate of drug-likeness (QED) is 0.831. The Kier molecular flexibility index (Phi) is 5.22. The van der Waals surface area contributed by atoms with Crippen LogP contribution in [0.5, 0.6) is 0 Å². The van der Waals surface area contributed by atoms with Gasteiger partial charge in [-0.15, -0.1) is 0 Å². The maximum absolute atomic E-state index is 13.7. The fraction of sp³-hybridized carbons (Fsp3) is 0.500. The van der Waals surface area contributed by atoms with E-state index in [0.29, 0.717) is 13.2 Å². The van der Waals surface area contributed by atoms with E-state index in [-0.39, 0.29) is 17.5 Å². The molecule has 1 unspecified atom stereocenters. The third-order valence-corrected chi connectivity index (χ3v) is 4.39. The van der Waals surface area contributed by atoms with E-state index in [1.165, 1.54) is 6.07 Å². The number of thioether (sulfide) groups is 1. The molecule has 1 fully saturated rings. The minimum atomic E-state index is -0.458. The van der Waals surface area contributed by atoms with Gasteiger partial charge in [0.05, 0.1) is 12.2 Å². The van der Waals surface area contributed by atoms with Gasteiger partial charge in [-0.05, 0) is 24.3 Å². The van der Waals surface area contributed by atoms with Gasteiger partial charge < -0.3 is 9.64 Å². The van der Waals surface area contributed by atoms with Crippen LogP contribution in [0.25, 0.3) is 0 Å². The number of halogens is 1. The Morgan fingerprint density at radius 2 is 2.32 bits per heavy atom.